The zero-order valence-electron chi connectivity index (χ0n) is 13.5. The Balaban J connectivity index is 3.12. The van der Waals surface area contributed by atoms with E-state index in [9.17, 15) is 0 Å². The van der Waals surface area contributed by atoms with Gasteiger partial charge < -0.3 is 0 Å². The van der Waals surface area contributed by atoms with Crippen molar-refractivity contribution >= 4 is 18.8 Å². The summed E-state index contributed by atoms with van der Waals surface area (Å²) in [7, 11) is 1.71. The molecule has 0 unspecified atom stereocenters. The second-order valence-corrected chi connectivity index (χ2v) is 19.0. The summed E-state index contributed by atoms with van der Waals surface area (Å²) in [6.45, 7) is 6.81. The third-order valence-corrected chi connectivity index (χ3v) is 5.81. The Morgan fingerprint density at radius 3 is 2.00 bits per heavy atom. The maximum atomic E-state index is 5.24. The van der Waals surface area contributed by atoms with Crippen LogP contribution in [-0.2, 0) is 0 Å². The van der Waals surface area contributed by atoms with E-state index in [0.29, 0.717) is 0 Å². The number of ether oxygens (including phenoxy) is 1. The van der Waals surface area contributed by atoms with Gasteiger partial charge in [-0.15, -0.1) is 0 Å². The van der Waals surface area contributed by atoms with Crippen molar-refractivity contribution in [3.8, 4) is 5.75 Å². The molecule has 0 atom stereocenters. The van der Waals surface area contributed by atoms with Crippen LogP contribution in [0.2, 0.25) is 22.5 Å². The van der Waals surface area contributed by atoms with Gasteiger partial charge in [-0.3, -0.25) is 0 Å². The second kappa shape index (κ2) is 6.17. The van der Waals surface area contributed by atoms with Gasteiger partial charge in [0.2, 0.25) is 0 Å². The van der Waals surface area contributed by atoms with Crippen molar-refractivity contribution in [2.75, 3.05) is 7.11 Å². The van der Waals surface area contributed by atoms with Crippen LogP contribution in [0.5, 0.6) is 5.75 Å². The van der Waals surface area contributed by atoms with Gasteiger partial charge in [0.25, 0.3) is 0 Å². The molecule has 0 aromatic heterocycles. The molecular formula is C17H28GeO. The van der Waals surface area contributed by atoms with E-state index >= 15 is 0 Å². The molecule has 19 heavy (non-hydrogen) atoms. The minimum absolute atomic E-state index is 0.225. The van der Waals surface area contributed by atoms with E-state index in [4.69, 9.17) is 4.74 Å². The molecule has 0 amide bonds. The van der Waals surface area contributed by atoms with E-state index in [2.05, 4.69) is 68.4 Å². The molecular weight excluding hydrogens is 293 g/mol. The summed E-state index contributed by atoms with van der Waals surface area (Å²) < 4.78 is 5.24. The first kappa shape index (κ1) is 16.4. The molecule has 0 bridgehead atoms. The molecule has 106 valence electrons. The van der Waals surface area contributed by atoms with Crippen LogP contribution in [0.4, 0.5) is 0 Å². The van der Waals surface area contributed by atoms with E-state index < -0.39 is 13.3 Å². The van der Waals surface area contributed by atoms with Crippen molar-refractivity contribution in [3.05, 3.63) is 35.9 Å². The predicted molar refractivity (Wildman–Crippen MR) is 88.6 cm³/mol. The summed E-state index contributed by atoms with van der Waals surface area (Å²) in [5, 5.41) is 1.27. The van der Waals surface area contributed by atoms with Gasteiger partial charge in [0.05, 0.1) is 0 Å². The number of benzene rings is 1. The molecule has 0 saturated heterocycles. The molecule has 0 N–H and O–H groups in total. The normalized spacial score (nSPS) is 13.5. The number of hydrogen-bond acceptors (Lipinski definition) is 1. The quantitative estimate of drug-likeness (QED) is 0.669. The number of rotatable bonds is 4. The van der Waals surface area contributed by atoms with Crippen LogP contribution < -0.4 is 4.74 Å². The van der Waals surface area contributed by atoms with Crippen LogP contribution in [0, 0.1) is 5.41 Å². The van der Waals surface area contributed by atoms with Crippen LogP contribution in [0.3, 0.4) is 0 Å². The fraction of sp³-hybridized carbons (Fsp3) is 0.529. The van der Waals surface area contributed by atoms with E-state index in [1.54, 1.807) is 7.11 Å². The third kappa shape index (κ3) is 6.33. The molecule has 0 radical (unpaired) electrons. The van der Waals surface area contributed by atoms with Gasteiger partial charge in [-0.1, -0.05) is 0 Å². The Labute approximate surface area is 121 Å². The first-order chi connectivity index (χ1) is 8.61. The van der Waals surface area contributed by atoms with Gasteiger partial charge in [0.1, 0.15) is 0 Å². The van der Waals surface area contributed by atoms with Crippen molar-refractivity contribution in [2.24, 2.45) is 5.41 Å². The molecule has 0 spiro atoms. The first-order valence-electron chi connectivity index (χ1n) is 6.97. The van der Waals surface area contributed by atoms with Gasteiger partial charge in [-0.25, -0.2) is 0 Å². The third-order valence-electron chi connectivity index (χ3n) is 2.79. The summed E-state index contributed by atoms with van der Waals surface area (Å²) in [5.41, 5.74) is 3.07. The average Bonchev–Trinajstić information content (AvgIpc) is 2.24. The summed E-state index contributed by atoms with van der Waals surface area (Å²) >= 11 is -1.62. The first-order valence-corrected chi connectivity index (χ1v) is 14.7. The van der Waals surface area contributed by atoms with Crippen molar-refractivity contribution in [3.63, 3.8) is 0 Å². The Bertz CT molecular complexity index is 430. The van der Waals surface area contributed by atoms with Crippen molar-refractivity contribution in [1.82, 2.24) is 0 Å². The van der Waals surface area contributed by atoms with Crippen molar-refractivity contribution in [1.29, 1.82) is 0 Å². The zero-order chi connectivity index (χ0) is 14.7. The van der Waals surface area contributed by atoms with Crippen LogP contribution in [0.15, 0.2) is 30.3 Å². The molecule has 0 fully saturated rings. The van der Waals surface area contributed by atoms with Gasteiger partial charge in [-0.05, 0) is 0 Å². The summed E-state index contributed by atoms with van der Waals surface area (Å²) in [6.07, 6.45) is 2.44. The Morgan fingerprint density at radius 1 is 1.11 bits per heavy atom. The van der Waals surface area contributed by atoms with E-state index in [0.717, 1.165) is 5.75 Å². The monoisotopic (exact) mass is 322 g/mol. The zero-order valence-corrected chi connectivity index (χ0v) is 15.6. The van der Waals surface area contributed by atoms with Crippen LogP contribution in [-0.4, -0.2) is 20.4 Å². The molecule has 0 saturated carbocycles. The topological polar surface area (TPSA) is 9.23 Å². The van der Waals surface area contributed by atoms with Gasteiger partial charge >= 0.3 is 121 Å². The predicted octanol–water partition coefficient (Wildman–Crippen LogP) is 5.46. The Morgan fingerprint density at radius 2 is 1.63 bits per heavy atom. The van der Waals surface area contributed by atoms with Crippen LogP contribution >= 0.6 is 0 Å². The summed E-state index contributed by atoms with van der Waals surface area (Å²) in [6, 6.07) is 8.48. The number of hydrogen-bond donors (Lipinski definition) is 0. The second-order valence-electron chi connectivity index (χ2n) is 7.50. The van der Waals surface area contributed by atoms with Crippen LogP contribution in [0.1, 0.15) is 26.3 Å². The van der Waals surface area contributed by atoms with E-state index in [1.807, 2.05) is 0 Å². The van der Waals surface area contributed by atoms with Crippen molar-refractivity contribution in [2.45, 2.75) is 43.3 Å². The fourth-order valence-corrected chi connectivity index (χ4v) is 5.18. The SMILES string of the molecule is COc1ccc(/C(=C/C(C)(C)C)[CH2][Ge]([CH3])([CH3])[CH3])cc1. The molecule has 1 aromatic rings. The molecule has 0 aliphatic rings. The Hall–Kier alpha value is -0.697. The molecule has 1 rings (SSSR count). The molecule has 1 nitrogen and oxygen atoms in total. The number of methoxy groups -OCH3 is 1. The summed E-state index contributed by atoms with van der Waals surface area (Å²) in [5.74, 6) is 8.34. The Kier molecular flexibility index (Phi) is 5.31. The van der Waals surface area contributed by atoms with Crippen molar-refractivity contribution < 1.29 is 4.74 Å². The summed E-state index contributed by atoms with van der Waals surface area (Å²) in [4.78, 5) is 0. The average molecular weight is 321 g/mol. The molecule has 0 heterocycles. The fourth-order valence-electron chi connectivity index (χ4n) is 2.14. The standard InChI is InChI=1S/C17H28GeO/c1-17(2,3)12-15(13-18(4,5)6)14-8-10-16(19-7)11-9-14/h8-12H,13H2,1-7H3/b15-12+. The van der Waals surface area contributed by atoms with Gasteiger partial charge in [0, 0.05) is 0 Å². The van der Waals surface area contributed by atoms with Gasteiger partial charge in [0.15, 0.2) is 0 Å². The molecule has 0 aliphatic heterocycles. The molecule has 1 aromatic carbocycles. The maximum absolute atomic E-state index is 5.24. The van der Waals surface area contributed by atoms with E-state index in [-0.39, 0.29) is 5.41 Å². The molecule has 0 aliphatic carbocycles. The van der Waals surface area contributed by atoms with Gasteiger partial charge in [-0.2, -0.15) is 0 Å². The number of allylic oxidation sites excluding steroid dienone is 2. The molecule has 2 heteroatoms. The van der Waals surface area contributed by atoms with E-state index in [1.165, 1.54) is 16.4 Å². The van der Waals surface area contributed by atoms with Crippen LogP contribution in [0.25, 0.3) is 5.57 Å². The minimum atomic E-state index is -1.62.